The normalized spacial score (nSPS) is 12.9. The van der Waals surface area contributed by atoms with Gasteiger partial charge in [0.1, 0.15) is 0 Å². The average Bonchev–Trinajstić information content (AvgIpc) is 2.96. The van der Waals surface area contributed by atoms with E-state index in [-0.39, 0.29) is 11.9 Å². The number of nitrogens with zero attached hydrogens (tertiary/aromatic N) is 3. The molecule has 0 radical (unpaired) electrons. The molecule has 0 spiro atoms. The van der Waals surface area contributed by atoms with Gasteiger partial charge in [0.2, 0.25) is 5.95 Å². The summed E-state index contributed by atoms with van der Waals surface area (Å²) < 4.78 is 10.4. The molecule has 3 rings (SSSR count). The molecule has 0 atom stereocenters. The first-order valence-corrected chi connectivity index (χ1v) is 6.74. The van der Waals surface area contributed by atoms with E-state index in [1.165, 1.54) is 7.11 Å². The number of fused-ring (bicyclic) bond motifs is 1. The molecule has 22 heavy (non-hydrogen) atoms. The lowest BCUT2D eigenvalue weighted by Crippen LogP contribution is -2.25. The van der Waals surface area contributed by atoms with Gasteiger partial charge in [0, 0.05) is 23.9 Å². The van der Waals surface area contributed by atoms with E-state index in [1.807, 2.05) is 0 Å². The monoisotopic (exact) mass is 300 g/mol. The summed E-state index contributed by atoms with van der Waals surface area (Å²) in [6.45, 7) is 0.901. The van der Waals surface area contributed by atoms with Crippen molar-refractivity contribution in [1.82, 2.24) is 14.9 Å². The summed E-state index contributed by atoms with van der Waals surface area (Å²) in [6, 6.07) is 5.10. The Morgan fingerprint density at radius 1 is 1.23 bits per heavy atom. The van der Waals surface area contributed by atoms with Crippen LogP contribution in [0.4, 0.5) is 5.95 Å². The van der Waals surface area contributed by atoms with Crippen molar-refractivity contribution in [3.63, 3.8) is 0 Å². The molecule has 2 aromatic rings. The van der Waals surface area contributed by atoms with Crippen LogP contribution in [-0.2, 0) is 13.1 Å². The first-order valence-electron chi connectivity index (χ1n) is 6.74. The standard InChI is InChI=1S/C15H16N4O3/c1-21-12-4-3-9(5-13(12)22-2)14(20)19-7-10-6-17-15(16)18-11(10)8-19/h3-6H,7-8H2,1-2H3,(H2,16,17,18). The van der Waals surface area contributed by atoms with Crippen LogP contribution in [0.25, 0.3) is 0 Å². The van der Waals surface area contributed by atoms with Crippen LogP contribution >= 0.6 is 0 Å². The van der Waals surface area contributed by atoms with Gasteiger partial charge in [0.25, 0.3) is 5.91 Å². The minimum Gasteiger partial charge on any atom is -0.493 e. The maximum atomic E-state index is 12.6. The average molecular weight is 300 g/mol. The number of methoxy groups -OCH3 is 2. The van der Waals surface area contributed by atoms with Crippen LogP contribution in [-0.4, -0.2) is 35.0 Å². The third kappa shape index (κ3) is 2.41. The molecule has 0 aliphatic carbocycles. The number of nitrogens with two attached hydrogens (primary N) is 1. The molecule has 1 aliphatic heterocycles. The summed E-state index contributed by atoms with van der Waals surface area (Å²) >= 11 is 0. The number of carbonyl (C=O) groups excluding carboxylic acids is 1. The van der Waals surface area contributed by atoms with Gasteiger partial charge in [-0.25, -0.2) is 9.97 Å². The highest BCUT2D eigenvalue weighted by Gasteiger charge is 2.26. The number of aromatic nitrogens is 2. The quantitative estimate of drug-likeness (QED) is 0.917. The van der Waals surface area contributed by atoms with Crippen molar-refractivity contribution in [3.05, 3.63) is 41.2 Å². The van der Waals surface area contributed by atoms with E-state index in [1.54, 1.807) is 36.4 Å². The maximum Gasteiger partial charge on any atom is 0.254 e. The second-order valence-electron chi connectivity index (χ2n) is 4.93. The van der Waals surface area contributed by atoms with Crippen LogP contribution in [0.3, 0.4) is 0 Å². The zero-order chi connectivity index (χ0) is 15.7. The molecule has 7 heteroatoms. The van der Waals surface area contributed by atoms with Gasteiger partial charge in [-0.1, -0.05) is 0 Å². The third-order valence-electron chi connectivity index (χ3n) is 3.59. The van der Waals surface area contributed by atoms with Crippen LogP contribution in [0.1, 0.15) is 21.6 Å². The lowest BCUT2D eigenvalue weighted by atomic mass is 10.1. The van der Waals surface area contributed by atoms with Gasteiger partial charge in [-0.15, -0.1) is 0 Å². The fraction of sp³-hybridized carbons (Fsp3) is 0.267. The molecule has 0 fully saturated rings. The Morgan fingerprint density at radius 3 is 2.73 bits per heavy atom. The number of nitrogen functional groups attached to an aromatic ring is 1. The zero-order valence-corrected chi connectivity index (χ0v) is 12.4. The van der Waals surface area contributed by atoms with Crippen LogP contribution in [0.5, 0.6) is 11.5 Å². The van der Waals surface area contributed by atoms with E-state index in [2.05, 4.69) is 9.97 Å². The second kappa shape index (κ2) is 5.51. The minimum atomic E-state index is -0.0995. The van der Waals surface area contributed by atoms with E-state index in [9.17, 15) is 4.79 Å². The van der Waals surface area contributed by atoms with Gasteiger partial charge in [-0.05, 0) is 18.2 Å². The largest absolute Gasteiger partial charge is 0.493 e. The molecule has 1 amide bonds. The molecule has 0 bridgehead atoms. The van der Waals surface area contributed by atoms with Gasteiger partial charge in [0.05, 0.1) is 26.5 Å². The second-order valence-corrected chi connectivity index (χ2v) is 4.93. The number of ether oxygens (including phenoxy) is 2. The number of amides is 1. The molecule has 1 aliphatic rings. The maximum absolute atomic E-state index is 12.6. The Morgan fingerprint density at radius 2 is 2.00 bits per heavy atom. The molecule has 0 saturated heterocycles. The lowest BCUT2D eigenvalue weighted by Gasteiger charge is -2.16. The van der Waals surface area contributed by atoms with E-state index in [0.717, 1.165) is 11.3 Å². The smallest absolute Gasteiger partial charge is 0.254 e. The summed E-state index contributed by atoms with van der Waals surface area (Å²) in [5.74, 6) is 1.23. The summed E-state index contributed by atoms with van der Waals surface area (Å²) in [4.78, 5) is 22.4. The minimum absolute atomic E-state index is 0.0995. The van der Waals surface area contributed by atoms with E-state index in [0.29, 0.717) is 30.2 Å². The number of anilines is 1. The number of benzene rings is 1. The molecule has 2 N–H and O–H groups in total. The highest BCUT2D eigenvalue weighted by Crippen LogP contribution is 2.29. The SMILES string of the molecule is COc1ccc(C(=O)N2Cc3cnc(N)nc3C2)cc1OC. The van der Waals surface area contributed by atoms with Crippen molar-refractivity contribution in [2.24, 2.45) is 0 Å². The number of hydrogen-bond donors (Lipinski definition) is 1. The number of hydrogen-bond acceptors (Lipinski definition) is 6. The predicted molar refractivity (Wildman–Crippen MR) is 79.6 cm³/mol. The molecular weight excluding hydrogens is 284 g/mol. The molecule has 1 aromatic heterocycles. The fourth-order valence-electron chi connectivity index (χ4n) is 2.46. The highest BCUT2D eigenvalue weighted by molar-refractivity contribution is 5.95. The molecule has 114 valence electrons. The van der Waals surface area contributed by atoms with E-state index < -0.39 is 0 Å². The molecule has 0 saturated carbocycles. The summed E-state index contributed by atoms with van der Waals surface area (Å²) in [5, 5.41) is 0. The van der Waals surface area contributed by atoms with E-state index in [4.69, 9.17) is 15.2 Å². The first-order chi connectivity index (χ1) is 10.6. The van der Waals surface area contributed by atoms with Gasteiger partial charge in [-0.2, -0.15) is 0 Å². The van der Waals surface area contributed by atoms with Crippen molar-refractivity contribution in [2.45, 2.75) is 13.1 Å². The predicted octanol–water partition coefficient (Wildman–Crippen LogP) is 1.23. The van der Waals surface area contributed by atoms with Crippen LogP contribution < -0.4 is 15.2 Å². The van der Waals surface area contributed by atoms with E-state index >= 15 is 0 Å². The Bertz CT molecular complexity index is 733. The molecular formula is C15H16N4O3. The molecule has 2 heterocycles. The van der Waals surface area contributed by atoms with Crippen molar-refractivity contribution in [1.29, 1.82) is 0 Å². The summed E-state index contributed by atoms with van der Waals surface area (Å²) in [6.07, 6.45) is 1.67. The Balaban J connectivity index is 1.84. The third-order valence-corrected chi connectivity index (χ3v) is 3.59. The Kier molecular flexibility index (Phi) is 3.54. The van der Waals surface area contributed by atoms with Crippen LogP contribution in [0.15, 0.2) is 24.4 Å². The van der Waals surface area contributed by atoms with Gasteiger partial charge < -0.3 is 20.1 Å². The van der Waals surface area contributed by atoms with Crippen molar-refractivity contribution in [3.8, 4) is 11.5 Å². The summed E-state index contributed by atoms with van der Waals surface area (Å²) in [7, 11) is 3.09. The molecule has 7 nitrogen and oxygen atoms in total. The number of carbonyl (C=O) groups is 1. The van der Waals surface area contributed by atoms with Gasteiger partial charge >= 0.3 is 0 Å². The summed E-state index contributed by atoms with van der Waals surface area (Å²) in [5.41, 5.74) is 7.82. The van der Waals surface area contributed by atoms with Crippen molar-refractivity contribution in [2.75, 3.05) is 20.0 Å². The van der Waals surface area contributed by atoms with Crippen molar-refractivity contribution < 1.29 is 14.3 Å². The highest BCUT2D eigenvalue weighted by atomic mass is 16.5. The van der Waals surface area contributed by atoms with Gasteiger partial charge in [0.15, 0.2) is 11.5 Å². The fourth-order valence-corrected chi connectivity index (χ4v) is 2.46. The van der Waals surface area contributed by atoms with Crippen molar-refractivity contribution >= 4 is 11.9 Å². The Hall–Kier alpha value is -2.83. The molecule has 1 aromatic carbocycles. The topological polar surface area (TPSA) is 90.6 Å². The van der Waals surface area contributed by atoms with Gasteiger partial charge in [-0.3, -0.25) is 4.79 Å². The Labute approximate surface area is 127 Å². The lowest BCUT2D eigenvalue weighted by molar-refractivity contribution is 0.0750. The zero-order valence-electron chi connectivity index (χ0n) is 12.4. The first kappa shape index (κ1) is 14.1. The van der Waals surface area contributed by atoms with Crippen LogP contribution in [0.2, 0.25) is 0 Å². The number of rotatable bonds is 3. The molecule has 0 unspecified atom stereocenters. The van der Waals surface area contributed by atoms with Crippen LogP contribution in [0, 0.1) is 0 Å².